The highest BCUT2D eigenvalue weighted by atomic mass is 16.5. The Morgan fingerprint density at radius 3 is 2.71 bits per heavy atom. The fraction of sp³-hybridized carbons (Fsp3) is 0.833. The highest BCUT2D eigenvalue weighted by Gasteiger charge is 2.19. The van der Waals surface area contributed by atoms with Crippen molar-refractivity contribution < 1.29 is 4.52 Å². The average Bonchev–Trinajstić information content (AvgIpc) is 3.09. The molecule has 17 heavy (non-hydrogen) atoms. The normalized spacial score (nSPS) is 21.5. The smallest absolute Gasteiger partial charge is 0.266 e. The molecule has 0 radical (unpaired) electrons. The van der Waals surface area contributed by atoms with Crippen molar-refractivity contribution in [2.45, 2.75) is 51.1 Å². The van der Waals surface area contributed by atoms with Gasteiger partial charge in [-0.25, -0.2) is 0 Å². The first-order chi connectivity index (χ1) is 8.42. The van der Waals surface area contributed by atoms with Gasteiger partial charge in [0.2, 0.25) is 5.89 Å². The van der Waals surface area contributed by atoms with E-state index in [1.165, 1.54) is 38.5 Å². The number of anilines is 1. The van der Waals surface area contributed by atoms with Crippen LogP contribution in [0.2, 0.25) is 0 Å². The quantitative estimate of drug-likeness (QED) is 0.862. The number of hydrogen-bond acceptors (Lipinski definition) is 5. The van der Waals surface area contributed by atoms with Gasteiger partial charge in [0, 0.05) is 19.1 Å². The van der Waals surface area contributed by atoms with Crippen molar-refractivity contribution in [2.24, 2.45) is 0 Å². The SMILES string of the molecule is C1CCC(NCc2nc(N3CCCC3)no2)C1. The Kier molecular flexibility index (Phi) is 3.27. The molecule has 1 saturated carbocycles. The van der Waals surface area contributed by atoms with Gasteiger partial charge in [-0.1, -0.05) is 12.8 Å². The van der Waals surface area contributed by atoms with E-state index in [9.17, 15) is 0 Å². The summed E-state index contributed by atoms with van der Waals surface area (Å²) in [5.74, 6) is 1.49. The summed E-state index contributed by atoms with van der Waals surface area (Å²) in [6.45, 7) is 2.84. The van der Waals surface area contributed by atoms with Crippen LogP contribution in [0.3, 0.4) is 0 Å². The molecule has 0 atom stereocenters. The average molecular weight is 236 g/mol. The highest BCUT2D eigenvalue weighted by molar-refractivity contribution is 5.28. The van der Waals surface area contributed by atoms with E-state index in [2.05, 4.69) is 20.4 Å². The standard InChI is InChI=1S/C12H20N4O/c1-2-6-10(5-1)13-9-11-14-12(15-17-11)16-7-3-4-8-16/h10,13H,1-9H2. The van der Waals surface area contributed by atoms with Crippen LogP contribution in [-0.2, 0) is 6.54 Å². The summed E-state index contributed by atoms with van der Waals surface area (Å²) in [5.41, 5.74) is 0. The predicted molar refractivity (Wildman–Crippen MR) is 64.8 cm³/mol. The molecule has 3 rings (SSSR count). The van der Waals surface area contributed by atoms with Gasteiger partial charge in [-0.15, -0.1) is 0 Å². The molecule has 0 amide bonds. The van der Waals surface area contributed by atoms with Crippen LogP contribution in [0.4, 0.5) is 5.95 Å². The van der Waals surface area contributed by atoms with Crippen molar-refractivity contribution in [1.29, 1.82) is 0 Å². The molecule has 1 saturated heterocycles. The van der Waals surface area contributed by atoms with Gasteiger partial charge in [0.05, 0.1) is 6.54 Å². The van der Waals surface area contributed by atoms with Crippen molar-refractivity contribution in [3.05, 3.63) is 5.89 Å². The molecule has 1 aliphatic heterocycles. The van der Waals surface area contributed by atoms with Crippen LogP contribution in [-0.4, -0.2) is 29.3 Å². The van der Waals surface area contributed by atoms with Crippen LogP contribution in [0, 0.1) is 0 Å². The van der Waals surface area contributed by atoms with Crippen LogP contribution >= 0.6 is 0 Å². The first-order valence-electron chi connectivity index (χ1n) is 6.73. The van der Waals surface area contributed by atoms with Gasteiger partial charge in [0.1, 0.15) is 0 Å². The van der Waals surface area contributed by atoms with Crippen molar-refractivity contribution in [2.75, 3.05) is 18.0 Å². The lowest BCUT2D eigenvalue weighted by Gasteiger charge is -2.10. The molecule has 94 valence electrons. The summed E-state index contributed by atoms with van der Waals surface area (Å²) in [4.78, 5) is 6.64. The minimum absolute atomic E-state index is 0.650. The lowest BCUT2D eigenvalue weighted by molar-refractivity contribution is 0.356. The summed E-state index contributed by atoms with van der Waals surface area (Å²) in [6.07, 6.45) is 7.75. The number of aromatic nitrogens is 2. The molecule has 0 bridgehead atoms. The number of nitrogens with one attached hydrogen (secondary N) is 1. The number of rotatable bonds is 4. The third-order valence-electron chi connectivity index (χ3n) is 3.74. The fourth-order valence-corrected chi connectivity index (χ4v) is 2.72. The zero-order valence-corrected chi connectivity index (χ0v) is 10.2. The zero-order valence-electron chi connectivity index (χ0n) is 10.2. The van der Waals surface area contributed by atoms with Gasteiger partial charge in [-0.3, -0.25) is 0 Å². The van der Waals surface area contributed by atoms with E-state index in [-0.39, 0.29) is 0 Å². The zero-order chi connectivity index (χ0) is 11.5. The van der Waals surface area contributed by atoms with Gasteiger partial charge < -0.3 is 14.7 Å². The molecule has 2 heterocycles. The topological polar surface area (TPSA) is 54.2 Å². The maximum absolute atomic E-state index is 5.27. The monoisotopic (exact) mass is 236 g/mol. The first kappa shape index (κ1) is 11.0. The van der Waals surface area contributed by atoms with Crippen LogP contribution in [0.25, 0.3) is 0 Å². The first-order valence-corrected chi connectivity index (χ1v) is 6.73. The molecule has 2 aliphatic rings. The minimum Gasteiger partial charge on any atom is -0.338 e. The van der Waals surface area contributed by atoms with Gasteiger partial charge in [-0.2, -0.15) is 4.98 Å². The van der Waals surface area contributed by atoms with E-state index < -0.39 is 0 Å². The van der Waals surface area contributed by atoms with E-state index in [0.29, 0.717) is 12.6 Å². The minimum atomic E-state index is 0.650. The van der Waals surface area contributed by atoms with Crippen LogP contribution < -0.4 is 10.2 Å². The third kappa shape index (κ3) is 2.60. The van der Waals surface area contributed by atoms with Crippen molar-refractivity contribution in [3.63, 3.8) is 0 Å². The summed E-state index contributed by atoms with van der Waals surface area (Å²) < 4.78 is 5.27. The molecule has 1 aliphatic carbocycles. The fourth-order valence-electron chi connectivity index (χ4n) is 2.72. The van der Waals surface area contributed by atoms with Crippen LogP contribution in [0.5, 0.6) is 0 Å². The predicted octanol–water partition coefficient (Wildman–Crippen LogP) is 1.70. The van der Waals surface area contributed by atoms with Crippen LogP contribution in [0.1, 0.15) is 44.4 Å². The summed E-state index contributed by atoms with van der Waals surface area (Å²) in [7, 11) is 0. The molecule has 0 unspecified atom stereocenters. The molecular formula is C12H20N4O. The maximum atomic E-state index is 5.27. The van der Waals surface area contributed by atoms with E-state index in [1.807, 2.05) is 0 Å². The largest absolute Gasteiger partial charge is 0.338 e. The summed E-state index contributed by atoms with van der Waals surface area (Å²) in [5, 5.41) is 7.53. The molecule has 5 heteroatoms. The van der Waals surface area contributed by atoms with Crippen molar-refractivity contribution in [1.82, 2.24) is 15.5 Å². The Morgan fingerprint density at radius 2 is 1.94 bits per heavy atom. The molecule has 0 spiro atoms. The highest BCUT2D eigenvalue weighted by Crippen LogP contribution is 2.19. The van der Waals surface area contributed by atoms with Crippen molar-refractivity contribution >= 4 is 5.95 Å². The van der Waals surface area contributed by atoms with E-state index in [1.54, 1.807) is 0 Å². The molecular weight excluding hydrogens is 216 g/mol. The van der Waals surface area contributed by atoms with E-state index in [4.69, 9.17) is 4.52 Å². The Hall–Kier alpha value is -1.10. The van der Waals surface area contributed by atoms with Gasteiger partial charge in [-0.05, 0) is 30.8 Å². The van der Waals surface area contributed by atoms with Gasteiger partial charge in [0.15, 0.2) is 0 Å². The lowest BCUT2D eigenvalue weighted by atomic mass is 10.2. The lowest BCUT2D eigenvalue weighted by Crippen LogP contribution is -2.25. The molecule has 1 aromatic heterocycles. The molecule has 2 fully saturated rings. The summed E-state index contributed by atoms with van der Waals surface area (Å²) in [6, 6.07) is 0.650. The van der Waals surface area contributed by atoms with Crippen molar-refractivity contribution in [3.8, 4) is 0 Å². The second-order valence-corrected chi connectivity index (χ2v) is 5.04. The summed E-state index contributed by atoms with van der Waals surface area (Å²) >= 11 is 0. The van der Waals surface area contributed by atoms with E-state index in [0.717, 1.165) is 24.9 Å². The van der Waals surface area contributed by atoms with Gasteiger partial charge >= 0.3 is 0 Å². The number of hydrogen-bond donors (Lipinski definition) is 1. The second kappa shape index (κ2) is 5.04. The molecule has 1 aromatic rings. The van der Waals surface area contributed by atoms with E-state index >= 15 is 0 Å². The molecule has 5 nitrogen and oxygen atoms in total. The third-order valence-corrected chi connectivity index (χ3v) is 3.74. The maximum Gasteiger partial charge on any atom is 0.266 e. The van der Waals surface area contributed by atoms with Gasteiger partial charge in [0.25, 0.3) is 5.95 Å². The molecule has 0 aromatic carbocycles. The van der Waals surface area contributed by atoms with Crippen LogP contribution in [0.15, 0.2) is 4.52 Å². The molecule has 1 N–H and O–H groups in total. The Balaban J connectivity index is 1.52. The Labute approximate surface area is 102 Å². The Morgan fingerprint density at radius 1 is 1.18 bits per heavy atom. The Bertz CT molecular complexity index is 353. The second-order valence-electron chi connectivity index (χ2n) is 5.04. The number of nitrogens with zero attached hydrogens (tertiary/aromatic N) is 3.